The number of anilines is 1. The lowest BCUT2D eigenvalue weighted by Gasteiger charge is -2.07. The van der Waals surface area contributed by atoms with Crippen LogP contribution in [0.15, 0.2) is 42.7 Å². The zero-order chi connectivity index (χ0) is 14.8. The highest BCUT2D eigenvalue weighted by molar-refractivity contribution is 7.20. The summed E-state index contributed by atoms with van der Waals surface area (Å²) in [7, 11) is 0. The van der Waals surface area contributed by atoms with Gasteiger partial charge in [0, 0.05) is 35.0 Å². The lowest BCUT2D eigenvalue weighted by atomic mass is 10.2. The van der Waals surface area contributed by atoms with Crippen LogP contribution in [0.1, 0.15) is 15.2 Å². The summed E-state index contributed by atoms with van der Waals surface area (Å²) in [5.41, 5.74) is 7.32. The minimum Gasteiger partial charge on any atom is -0.381 e. The molecule has 4 nitrogen and oxygen atoms in total. The highest BCUT2D eigenvalue weighted by Gasteiger charge is 2.10. The van der Waals surface area contributed by atoms with Gasteiger partial charge >= 0.3 is 0 Å². The summed E-state index contributed by atoms with van der Waals surface area (Å²) in [4.78, 5) is 16.0. The Balaban J connectivity index is 1.86. The first kappa shape index (κ1) is 13.9. The van der Waals surface area contributed by atoms with Gasteiger partial charge in [-0.25, -0.2) is 0 Å². The Bertz CT molecular complexity index is 798. The molecule has 0 fully saturated rings. The Morgan fingerprint density at radius 3 is 2.76 bits per heavy atom. The summed E-state index contributed by atoms with van der Waals surface area (Å²) < 4.78 is 0.958. The number of aromatic nitrogens is 1. The Morgan fingerprint density at radius 1 is 1.29 bits per heavy atom. The van der Waals surface area contributed by atoms with Crippen molar-refractivity contribution in [2.45, 2.75) is 6.54 Å². The number of carbonyl (C=O) groups is 1. The molecule has 2 aromatic heterocycles. The van der Waals surface area contributed by atoms with Crippen LogP contribution in [0.25, 0.3) is 10.1 Å². The highest BCUT2D eigenvalue weighted by Crippen LogP contribution is 2.27. The second kappa shape index (κ2) is 5.71. The summed E-state index contributed by atoms with van der Waals surface area (Å²) in [6.07, 6.45) is 3.54. The molecule has 0 bridgehead atoms. The van der Waals surface area contributed by atoms with Crippen molar-refractivity contribution < 1.29 is 4.79 Å². The molecule has 106 valence electrons. The van der Waals surface area contributed by atoms with Crippen LogP contribution in [-0.4, -0.2) is 10.9 Å². The standard InChI is InChI=1S/C15H12ClN3OS/c16-10-1-3-11(4-2-10)19-7-9-6-18-8-14-12(9)5-13(21-14)15(17)20/h1-6,8,19H,7H2,(H2,17,20). The molecule has 0 aliphatic rings. The van der Waals surface area contributed by atoms with Crippen molar-refractivity contribution in [3.05, 3.63) is 58.2 Å². The Kier molecular flexibility index (Phi) is 3.77. The van der Waals surface area contributed by atoms with Crippen molar-refractivity contribution in [3.63, 3.8) is 0 Å². The lowest BCUT2D eigenvalue weighted by Crippen LogP contribution is -2.08. The normalized spacial score (nSPS) is 10.7. The largest absolute Gasteiger partial charge is 0.381 e. The van der Waals surface area contributed by atoms with E-state index in [-0.39, 0.29) is 0 Å². The van der Waals surface area contributed by atoms with Gasteiger partial charge < -0.3 is 11.1 Å². The van der Waals surface area contributed by atoms with E-state index in [4.69, 9.17) is 17.3 Å². The molecule has 6 heteroatoms. The monoisotopic (exact) mass is 317 g/mol. The topological polar surface area (TPSA) is 68.0 Å². The summed E-state index contributed by atoms with van der Waals surface area (Å²) in [6.45, 7) is 0.612. The van der Waals surface area contributed by atoms with Crippen LogP contribution in [-0.2, 0) is 6.54 Å². The zero-order valence-corrected chi connectivity index (χ0v) is 12.5. The van der Waals surface area contributed by atoms with E-state index in [0.29, 0.717) is 16.4 Å². The van der Waals surface area contributed by atoms with Gasteiger partial charge in [-0.15, -0.1) is 11.3 Å². The molecule has 0 saturated carbocycles. The average Bonchev–Trinajstić information content (AvgIpc) is 2.91. The molecule has 3 N–H and O–H groups in total. The highest BCUT2D eigenvalue weighted by atomic mass is 35.5. The van der Waals surface area contributed by atoms with Gasteiger partial charge in [0.05, 0.1) is 9.58 Å². The van der Waals surface area contributed by atoms with Crippen LogP contribution in [0.2, 0.25) is 5.02 Å². The number of carbonyl (C=O) groups excluding carboxylic acids is 1. The third-order valence-corrected chi connectivity index (χ3v) is 4.44. The molecule has 3 rings (SSSR count). The number of amides is 1. The van der Waals surface area contributed by atoms with Crippen molar-refractivity contribution >= 4 is 44.6 Å². The Morgan fingerprint density at radius 2 is 2.05 bits per heavy atom. The molecule has 1 amide bonds. The molecule has 0 radical (unpaired) electrons. The van der Waals surface area contributed by atoms with Gasteiger partial charge in [-0.05, 0) is 35.9 Å². The number of rotatable bonds is 4. The number of pyridine rings is 1. The molecule has 0 unspecified atom stereocenters. The first-order valence-electron chi connectivity index (χ1n) is 6.29. The van der Waals surface area contributed by atoms with Crippen molar-refractivity contribution in [2.75, 3.05) is 5.32 Å². The fourth-order valence-corrected chi connectivity index (χ4v) is 3.10. The molecule has 0 saturated heterocycles. The van der Waals surface area contributed by atoms with Crippen molar-refractivity contribution in [3.8, 4) is 0 Å². The molecule has 0 spiro atoms. The minimum absolute atomic E-state index is 0.409. The molecule has 0 atom stereocenters. The number of nitrogens with one attached hydrogen (secondary N) is 1. The second-order valence-electron chi connectivity index (χ2n) is 4.55. The number of hydrogen-bond donors (Lipinski definition) is 2. The van der Waals surface area contributed by atoms with E-state index >= 15 is 0 Å². The molecule has 0 aliphatic carbocycles. The van der Waals surface area contributed by atoms with Crippen LogP contribution < -0.4 is 11.1 Å². The smallest absolute Gasteiger partial charge is 0.258 e. The first-order chi connectivity index (χ1) is 10.1. The van der Waals surface area contributed by atoms with Crippen molar-refractivity contribution in [2.24, 2.45) is 5.73 Å². The predicted octanol–water partition coefficient (Wildman–Crippen LogP) is 3.66. The van der Waals surface area contributed by atoms with E-state index in [1.54, 1.807) is 12.4 Å². The third-order valence-electron chi connectivity index (χ3n) is 3.10. The van der Waals surface area contributed by atoms with Gasteiger partial charge in [0.15, 0.2) is 0 Å². The van der Waals surface area contributed by atoms with Gasteiger partial charge in [0.2, 0.25) is 0 Å². The molecule has 3 aromatic rings. The number of hydrogen-bond acceptors (Lipinski definition) is 4. The van der Waals surface area contributed by atoms with Crippen LogP contribution in [0.4, 0.5) is 5.69 Å². The molecular formula is C15H12ClN3OS. The fourth-order valence-electron chi connectivity index (χ4n) is 2.04. The van der Waals surface area contributed by atoms with Crippen molar-refractivity contribution in [1.29, 1.82) is 0 Å². The van der Waals surface area contributed by atoms with Gasteiger partial charge in [0.25, 0.3) is 5.91 Å². The number of thiophene rings is 1. The maximum atomic E-state index is 11.3. The van der Waals surface area contributed by atoms with Gasteiger partial charge in [-0.2, -0.15) is 0 Å². The summed E-state index contributed by atoms with van der Waals surface area (Å²) in [5.74, 6) is -0.409. The summed E-state index contributed by atoms with van der Waals surface area (Å²) in [5, 5.41) is 5.02. The van der Waals surface area contributed by atoms with E-state index in [2.05, 4.69) is 10.3 Å². The average molecular weight is 318 g/mol. The van der Waals surface area contributed by atoms with Gasteiger partial charge in [-0.3, -0.25) is 9.78 Å². The van der Waals surface area contributed by atoms with E-state index in [9.17, 15) is 4.79 Å². The zero-order valence-electron chi connectivity index (χ0n) is 11.0. The Labute approximate surface area is 130 Å². The summed E-state index contributed by atoms with van der Waals surface area (Å²) >= 11 is 7.22. The number of benzene rings is 1. The fraction of sp³-hybridized carbons (Fsp3) is 0.0667. The number of halogens is 1. The Hall–Kier alpha value is -2.11. The molecule has 21 heavy (non-hydrogen) atoms. The molecule has 2 heterocycles. The quantitative estimate of drug-likeness (QED) is 0.771. The molecule has 1 aromatic carbocycles. The number of fused-ring (bicyclic) bond motifs is 1. The first-order valence-corrected chi connectivity index (χ1v) is 7.48. The van der Waals surface area contributed by atoms with Crippen molar-refractivity contribution in [1.82, 2.24) is 4.98 Å². The number of nitrogens with two attached hydrogens (primary N) is 1. The summed E-state index contributed by atoms with van der Waals surface area (Å²) in [6, 6.07) is 9.32. The third kappa shape index (κ3) is 2.99. The second-order valence-corrected chi connectivity index (χ2v) is 6.07. The van der Waals surface area contributed by atoms with Crippen LogP contribution in [0.5, 0.6) is 0 Å². The van der Waals surface area contributed by atoms with Crippen LogP contribution >= 0.6 is 22.9 Å². The number of nitrogens with zero attached hydrogens (tertiary/aromatic N) is 1. The minimum atomic E-state index is -0.409. The van der Waals surface area contributed by atoms with E-state index in [1.165, 1.54) is 11.3 Å². The lowest BCUT2D eigenvalue weighted by molar-refractivity contribution is 0.100. The number of primary amides is 1. The van der Waals surface area contributed by atoms with Crippen LogP contribution in [0.3, 0.4) is 0 Å². The van der Waals surface area contributed by atoms with Crippen LogP contribution in [0, 0.1) is 0 Å². The SMILES string of the molecule is NC(=O)c1cc2c(CNc3ccc(Cl)cc3)cncc2s1. The van der Waals surface area contributed by atoms with E-state index in [0.717, 1.165) is 21.3 Å². The van der Waals surface area contributed by atoms with Gasteiger partial charge in [0.1, 0.15) is 0 Å². The maximum Gasteiger partial charge on any atom is 0.258 e. The maximum absolute atomic E-state index is 11.3. The van der Waals surface area contributed by atoms with Gasteiger partial charge in [-0.1, -0.05) is 11.6 Å². The van der Waals surface area contributed by atoms with E-state index < -0.39 is 5.91 Å². The molecule has 0 aliphatic heterocycles. The molecular weight excluding hydrogens is 306 g/mol. The van der Waals surface area contributed by atoms with E-state index in [1.807, 2.05) is 30.3 Å². The predicted molar refractivity (Wildman–Crippen MR) is 86.9 cm³/mol.